The van der Waals surface area contributed by atoms with Crippen molar-refractivity contribution in [2.45, 2.75) is 181 Å². The van der Waals surface area contributed by atoms with E-state index in [-0.39, 0.29) is 51.3 Å². The lowest BCUT2D eigenvalue weighted by Crippen LogP contribution is -2.68. The number of ether oxygens (including phenoxy) is 10. The van der Waals surface area contributed by atoms with Gasteiger partial charge in [0.1, 0.15) is 36.6 Å². The molecule has 4 aromatic rings. The molecule has 0 spiro atoms. The summed E-state index contributed by atoms with van der Waals surface area (Å²) < 4.78 is 75.8. The van der Waals surface area contributed by atoms with Gasteiger partial charge in [-0.2, -0.15) is 0 Å². The molecule has 0 unspecified atom stereocenters. The second kappa shape index (κ2) is 27.6. The Balaban J connectivity index is 1.51. The summed E-state index contributed by atoms with van der Waals surface area (Å²) in [6, 6.07) is 39.3. The number of benzene rings is 4. The second-order valence-corrected chi connectivity index (χ2v) is 27.9. The van der Waals surface area contributed by atoms with Gasteiger partial charge in [-0.3, -0.25) is 9.59 Å². The van der Waals surface area contributed by atoms with Crippen molar-refractivity contribution >= 4 is 20.3 Å². The van der Waals surface area contributed by atoms with Gasteiger partial charge in [0, 0.05) is 0 Å². The Hall–Kier alpha value is -4.58. The Morgan fingerprint density at radius 2 is 0.920 bits per heavy atom. The summed E-state index contributed by atoms with van der Waals surface area (Å²) >= 11 is 0. The van der Waals surface area contributed by atoms with Crippen molar-refractivity contribution in [2.24, 2.45) is 10.8 Å². The first-order valence-corrected chi connectivity index (χ1v) is 29.4. The number of esters is 2. The Morgan fingerprint density at radius 1 is 0.520 bits per heavy atom. The highest BCUT2D eigenvalue weighted by Gasteiger charge is 2.58. The van der Waals surface area contributed by atoms with Crippen LogP contribution in [0.2, 0.25) is 18.1 Å². The van der Waals surface area contributed by atoms with E-state index in [0.717, 1.165) is 22.3 Å². The largest absolute Gasteiger partial charge is 0.454 e. The summed E-state index contributed by atoms with van der Waals surface area (Å²) in [5.74, 6) is -0.997. The molecule has 2 fully saturated rings. The van der Waals surface area contributed by atoms with E-state index < -0.39 is 92.5 Å². The molecule has 0 N–H and O–H groups in total. The number of allylic oxidation sites excluding steroid dienone is 1. The van der Waals surface area contributed by atoms with Crippen molar-refractivity contribution in [1.29, 1.82) is 0 Å². The Morgan fingerprint density at radius 3 is 1.35 bits per heavy atom. The third-order valence-corrected chi connectivity index (χ3v) is 18.1. The van der Waals surface area contributed by atoms with Crippen molar-refractivity contribution < 1.29 is 61.4 Å². The third kappa shape index (κ3) is 17.7. The van der Waals surface area contributed by atoms with Gasteiger partial charge < -0.3 is 51.8 Å². The molecule has 14 heteroatoms. The summed E-state index contributed by atoms with van der Waals surface area (Å²) in [7, 11) is -2.75. The fraction of sp³-hybridized carbons (Fsp3) is 0.541. The maximum absolute atomic E-state index is 14.5. The van der Waals surface area contributed by atoms with Gasteiger partial charge in [-0.05, 0) is 94.8 Å². The van der Waals surface area contributed by atoms with Crippen LogP contribution in [0.5, 0.6) is 0 Å². The molecular weight excluding hydrogens is 969 g/mol. The molecule has 410 valence electrons. The van der Waals surface area contributed by atoms with Gasteiger partial charge in [-0.15, -0.1) is 6.58 Å². The first-order chi connectivity index (χ1) is 35.6. The van der Waals surface area contributed by atoms with Crippen LogP contribution in [0, 0.1) is 10.8 Å². The topological polar surface area (TPSA) is 136 Å². The molecule has 0 aromatic heterocycles. The fourth-order valence-electron chi connectivity index (χ4n) is 8.18. The van der Waals surface area contributed by atoms with Gasteiger partial charge in [-0.1, -0.05) is 148 Å². The minimum atomic E-state index is -2.75. The summed E-state index contributed by atoms with van der Waals surface area (Å²) in [6.45, 7) is 26.6. The highest BCUT2D eigenvalue weighted by Crippen LogP contribution is 2.43. The number of hydrogen-bond acceptors (Lipinski definition) is 13. The van der Waals surface area contributed by atoms with E-state index in [1.807, 2.05) is 127 Å². The molecule has 2 saturated heterocycles. The lowest BCUT2D eigenvalue weighted by molar-refractivity contribution is -0.368. The van der Waals surface area contributed by atoms with Crippen LogP contribution in [0.4, 0.5) is 0 Å². The van der Waals surface area contributed by atoms with E-state index in [4.69, 9.17) is 51.8 Å². The normalized spacial score (nSPS) is 24.6. The summed E-state index contributed by atoms with van der Waals surface area (Å²) in [5.41, 5.74) is 1.86. The number of hydrogen-bond donors (Lipinski definition) is 0. The SMILES string of the molecule is C=CCCCO[C@@H]1O[C@H](COCc2ccccc2)[C@@H](O[C@@H]2O[C@H](COCc3ccccc3)[C@H](OCc3ccccc3)[C@H](O[Si](C)(C)C(C)(C)C)[C@H]2OC(=O)C(C)(C)C)[C@H](OCc2ccccc2)[C@H]1OC(=O)C(C)(C)C. The first kappa shape index (κ1) is 59.7. The zero-order chi connectivity index (χ0) is 54.2. The van der Waals surface area contributed by atoms with Crippen LogP contribution < -0.4 is 0 Å². The lowest BCUT2D eigenvalue weighted by Gasteiger charge is -2.52. The number of carbonyl (C=O) groups is 2. The van der Waals surface area contributed by atoms with E-state index in [1.165, 1.54) is 0 Å². The highest BCUT2D eigenvalue weighted by atomic mass is 28.4. The minimum Gasteiger partial charge on any atom is -0.454 e. The van der Waals surface area contributed by atoms with Crippen molar-refractivity contribution in [3.8, 4) is 0 Å². The molecular formula is C61H84O13Si. The van der Waals surface area contributed by atoms with Crippen molar-refractivity contribution in [3.63, 3.8) is 0 Å². The zero-order valence-corrected chi connectivity index (χ0v) is 47.3. The standard InChI is InChI=1S/C61H84O13Si/c1-13-14-27-36-66-55-53(72-57(62)59(2,3)4)51(68-40-46-34-25-18-26-35-46)50(48(69-55)42-65-38-44-30-21-16-22-31-44)71-56-54(73-58(63)60(5,6)7)52(74-75(11,12)61(8,9)10)49(67-39-45-32-23-17-24-33-45)47(70-56)41-64-37-43-28-19-15-20-29-43/h13,15-26,28-35,47-56H,1,14,27,36-42H2,2-12H3/t47-,48-,49+,50-,51+,52+,53-,54-,55-,56+/m1/s1. The quantitative estimate of drug-likeness (QED) is 0.0270. The van der Waals surface area contributed by atoms with E-state index in [0.29, 0.717) is 12.8 Å². The van der Waals surface area contributed by atoms with Crippen LogP contribution in [-0.2, 0) is 87.8 Å². The van der Waals surface area contributed by atoms with Gasteiger partial charge in [0.05, 0.1) is 57.1 Å². The monoisotopic (exact) mass is 1050 g/mol. The molecule has 0 saturated carbocycles. The number of rotatable bonds is 25. The summed E-state index contributed by atoms with van der Waals surface area (Å²) in [5, 5.41) is -0.289. The Bertz CT molecular complexity index is 2310. The number of carbonyl (C=O) groups excluding carboxylic acids is 2. The molecule has 13 nitrogen and oxygen atoms in total. The minimum absolute atomic E-state index is 0.00724. The maximum Gasteiger partial charge on any atom is 0.311 e. The van der Waals surface area contributed by atoms with Crippen molar-refractivity contribution in [1.82, 2.24) is 0 Å². The van der Waals surface area contributed by atoms with Crippen LogP contribution in [0.1, 0.15) is 97.4 Å². The van der Waals surface area contributed by atoms with Crippen LogP contribution in [0.3, 0.4) is 0 Å². The highest BCUT2D eigenvalue weighted by molar-refractivity contribution is 6.74. The van der Waals surface area contributed by atoms with Gasteiger partial charge in [0.15, 0.2) is 33.1 Å². The molecule has 0 amide bonds. The van der Waals surface area contributed by atoms with Gasteiger partial charge in [0.25, 0.3) is 0 Å². The molecule has 2 aliphatic rings. The first-order valence-electron chi connectivity index (χ1n) is 26.5. The molecule has 2 aliphatic heterocycles. The van der Waals surface area contributed by atoms with E-state index >= 15 is 0 Å². The van der Waals surface area contributed by atoms with E-state index in [2.05, 4.69) is 40.4 Å². The second-order valence-electron chi connectivity index (χ2n) is 23.1. The van der Waals surface area contributed by atoms with Crippen LogP contribution in [0.25, 0.3) is 0 Å². The zero-order valence-electron chi connectivity index (χ0n) is 46.3. The third-order valence-electron chi connectivity index (χ3n) is 13.6. The molecule has 4 aromatic carbocycles. The van der Waals surface area contributed by atoms with E-state index in [9.17, 15) is 9.59 Å². The molecule has 6 rings (SSSR count). The van der Waals surface area contributed by atoms with Gasteiger partial charge in [-0.25, -0.2) is 0 Å². The van der Waals surface area contributed by atoms with Crippen LogP contribution in [-0.4, -0.2) is 101 Å². The molecule has 2 heterocycles. The molecule has 75 heavy (non-hydrogen) atoms. The van der Waals surface area contributed by atoms with Crippen LogP contribution >= 0.6 is 0 Å². The van der Waals surface area contributed by atoms with Gasteiger partial charge >= 0.3 is 11.9 Å². The molecule has 0 aliphatic carbocycles. The van der Waals surface area contributed by atoms with Gasteiger partial charge in [0.2, 0.25) is 0 Å². The average Bonchev–Trinajstić information content (AvgIpc) is 3.37. The Kier molecular flexibility index (Phi) is 22.0. The summed E-state index contributed by atoms with van der Waals surface area (Å²) in [6.07, 6.45) is -7.41. The predicted molar refractivity (Wildman–Crippen MR) is 291 cm³/mol. The lowest BCUT2D eigenvalue weighted by atomic mass is 9.94. The maximum atomic E-state index is 14.5. The van der Waals surface area contributed by atoms with E-state index in [1.54, 1.807) is 41.5 Å². The van der Waals surface area contributed by atoms with Crippen molar-refractivity contribution in [2.75, 3.05) is 19.8 Å². The van der Waals surface area contributed by atoms with Crippen molar-refractivity contribution in [3.05, 3.63) is 156 Å². The van der Waals surface area contributed by atoms with Crippen LogP contribution in [0.15, 0.2) is 134 Å². The fourth-order valence-corrected chi connectivity index (χ4v) is 9.48. The molecule has 0 bridgehead atoms. The summed E-state index contributed by atoms with van der Waals surface area (Å²) in [4.78, 5) is 28.7. The average molecular weight is 1050 g/mol. The number of unbranched alkanes of at least 4 members (excludes halogenated alkanes) is 1. The predicted octanol–water partition coefficient (Wildman–Crippen LogP) is 11.7. The Labute approximate surface area is 447 Å². The molecule has 0 radical (unpaired) electrons. The smallest absolute Gasteiger partial charge is 0.311 e. The molecule has 10 atom stereocenters.